The summed E-state index contributed by atoms with van der Waals surface area (Å²) >= 11 is 0. The third kappa shape index (κ3) is 8.08. The molecule has 2 fully saturated rings. The minimum Gasteiger partial charge on any atom is -0.489 e. The number of hydrogen-bond acceptors (Lipinski definition) is 5. The lowest BCUT2D eigenvalue weighted by Gasteiger charge is -2.37. The van der Waals surface area contributed by atoms with Crippen LogP contribution in [0, 0.1) is 5.82 Å². The fraction of sp³-hybridized carbons (Fsp3) is 0.619. The molecule has 1 N–H and O–H groups in total. The van der Waals surface area contributed by atoms with E-state index in [1.807, 2.05) is 11.8 Å². The van der Waals surface area contributed by atoms with Gasteiger partial charge >= 0.3 is 0 Å². The molecule has 1 unspecified atom stereocenters. The van der Waals surface area contributed by atoms with Crippen LogP contribution in [-0.2, 0) is 9.53 Å². The Hall–Kier alpha value is -1.66. The third-order valence-electron chi connectivity index (χ3n) is 5.30. The molecular formula is C21H33FIN5O3. The van der Waals surface area contributed by atoms with Gasteiger partial charge in [0.05, 0.1) is 26.3 Å². The van der Waals surface area contributed by atoms with Crippen LogP contribution in [0.25, 0.3) is 0 Å². The molecule has 2 saturated heterocycles. The van der Waals surface area contributed by atoms with Gasteiger partial charge in [0.1, 0.15) is 17.7 Å². The SMILES string of the molecule is CN=C(NCC(C)Oc1ccc(F)cc1)N1CCN(CC(=O)N2CCOCC2)CC1.I. The number of nitrogens with one attached hydrogen (secondary N) is 1. The number of amides is 1. The number of benzene rings is 1. The Bertz CT molecular complexity index is 707. The quantitative estimate of drug-likeness (QED) is 0.328. The molecule has 0 aromatic heterocycles. The van der Waals surface area contributed by atoms with Gasteiger partial charge in [-0.15, -0.1) is 24.0 Å². The number of carbonyl (C=O) groups is 1. The predicted octanol–water partition coefficient (Wildman–Crippen LogP) is 1.26. The lowest BCUT2D eigenvalue weighted by atomic mass is 10.3. The van der Waals surface area contributed by atoms with Gasteiger partial charge in [0.25, 0.3) is 0 Å². The van der Waals surface area contributed by atoms with Crippen LogP contribution in [0.4, 0.5) is 4.39 Å². The zero-order chi connectivity index (χ0) is 21.3. The molecule has 1 atom stereocenters. The summed E-state index contributed by atoms with van der Waals surface area (Å²) in [4.78, 5) is 23.1. The predicted molar refractivity (Wildman–Crippen MR) is 129 cm³/mol. The van der Waals surface area contributed by atoms with Gasteiger partial charge in [0.2, 0.25) is 5.91 Å². The normalized spacial score (nSPS) is 18.9. The van der Waals surface area contributed by atoms with E-state index in [1.54, 1.807) is 19.2 Å². The van der Waals surface area contributed by atoms with Crippen molar-refractivity contribution in [1.29, 1.82) is 0 Å². The van der Waals surface area contributed by atoms with Crippen molar-refractivity contribution in [2.45, 2.75) is 13.0 Å². The van der Waals surface area contributed by atoms with Crippen LogP contribution in [0.5, 0.6) is 5.75 Å². The minimum atomic E-state index is -0.278. The van der Waals surface area contributed by atoms with Crippen molar-refractivity contribution in [2.24, 2.45) is 4.99 Å². The molecule has 31 heavy (non-hydrogen) atoms. The smallest absolute Gasteiger partial charge is 0.236 e. The van der Waals surface area contributed by atoms with E-state index in [0.29, 0.717) is 45.1 Å². The molecule has 2 aliphatic heterocycles. The molecule has 0 radical (unpaired) electrons. The maximum atomic E-state index is 13.0. The maximum Gasteiger partial charge on any atom is 0.236 e. The Labute approximate surface area is 200 Å². The number of halogens is 2. The highest BCUT2D eigenvalue weighted by Gasteiger charge is 2.24. The first-order valence-electron chi connectivity index (χ1n) is 10.5. The molecule has 2 heterocycles. The van der Waals surface area contributed by atoms with Crippen LogP contribution in [0.3, 0.4) is 0 Å². The Morgan fingerprint density at radius 2 is 1.77 bits per heavy atom. The summed E-state index contributed by atoms with van der Waals surface area (Å²) in [6.45, 7) is 8.89. The highest BCUT2D eigenvalue weighted by atomic mass is 127. The number of morpholine rings is 1. The molecule has 1 aromatic rings. The van der Waals surface area contributed by atoms with Crippen molar-refractivity contribution in [1.82, 2.24) is 20.0 Å². The summed E-state index contributed by atoms with van der Waals surface area (Å²) in [5.74, 6) is 1.36. The molecule has 174 valence electrons. The molecule has 3 rings (SSSR count). The van der Waals surface area contributed by atoms with E-state index in [2.05, 4.69) is 20.1 Å². The van der Waals surface area contributed by atoms with Crippen molar-refractivity contribution >= 4 is 35.8 Å². The van der Waals surface area contributed by atoms with E-state index in [0.717, 1.165) is 32.1 Å². The summed E-state index contributed by atoms with van der Waals surface area (Å²) < 4.78 is 24.1. The Balaban J connectivity index is 0.00000341. The van der Waals surface area contributed by atoms with Crippen molar-refractivity contribution in [3.63, 3.8) is 0 Å². The highest BCUT2D eigenvalue weighted by Crippen LogP contribution is 2.13. The Morgan fingerprint density at radius 3 is 2.39 bits per heavy atom. The second-order valence-corrected chi connectivity index (χ2v) is 7.57. The molecule has 0 bridgehead atoms. The standard InChI is InChI=1S/C21H32FN5O3.HI/c1-17(30-19-5-3-18(22)4-6-19)15-24-21(23-2)27-9-7-25(8-10-27)16-20(28)26-11-13-29-14-12-26;/h3-6,17H,7-16H2,1-2H3,(H,23,24);1H. The zero-order valence-corrected chi connectivity index (χ0v) is 20.6. The van der Waals surface area contributed by atoms with E-state index in [-0.39, 0.29) is 41.8 Å². The number of aliphatic imine (C=N–C) groups is 1. The number of piperazine rings is 1. The number of guanidine groups is 1. The molecular weight excluding hydrogens is 516 g/mol. The van der Waals surface area contributed by atoms with E-state index < -0.39 is 0 Å². The van der Waals surface area contributed by atoms with Crippen molar-refractivity contribution in [3.8, 4) is 5.75 Å². The van der Waals surface area contributed by atoms with E-state index in [1.165, 1.54) is 12.1 Å². The van der Waals surface area contributed by atoms with Gasteiger partial charge in [0.15, 0.2) is 5.96 Å². The van der Waals surface area contributed by atoms with Crippen LogP contribution < -0.4 is 10.1 Å². The summed E-state index contributed by atoms with van der Waals surface area (Å²) in [6.07, 6.45) is -0.0976. The first-order valence-corrected chi connectivity index (χ1v) is 10.5. The fourth-order valence-corrected chi connectivity index (χ4v) is 3.58. The second-order valence-electron chi connectivity index (χ2n) is 7.57. The second kappa shape index (κ2) is 13.0. The van der Waals surface area contributed by atoms with Gasteiger partial charge in [-0.2, -0.15) is 0 Å². The van der Waals surface area contributed by atoms with Crippen LogP contribution in [0.1, 0.15) is 6.92 Å². The molecule has 2 aliphatic rings. The molecule has 8 nitrogen and oxygen atoms in total. The van der Waals surface area contributed by atoms with Gasteiger partial charge in [-0.25, -0.2) is 4.39 Å². The monoisotopic (exact) mass is 549 g/mol. The van der Waals surface area contributed by atoms with Crippen molar-refractivity contribution < 1.29 is 18.7 Å². The third-order valence-corrected chi connectivity index (χ3v) is 5.30. The lowest BCUT2D eigenvalue weighted by molar-refractivity contribution is -0.136. The highest BCUT2D eigenvalue weighted by molar-refractivity contribution is 14.0. The molecule has 0 saturated carbocycles. The molecule has 0 spiro atoms. The average molecular weight is 549 g/mol. The zero-order valence-electron chi connectivity index (χ0n) is 18.3. The number of rotatable bonds is 6. The van der Waals surface area contributed by atoms with E-state index in [9.17, 15) is 9.18 Å². The Morgan fingerprint density at radius 1 is 1.13 bits per heavy atom. The first kappa shape index (κ1) is 25.6. The average Bonchev–Trinajstić information content (AvgIpc) is 2.77. The maximum absolute atomic E-state index is 13.0. The number of ether oxygens (including phenoxy) is 2. The number of nitrogens with zero attached hydrogens (tertiary/aromatic N) is 4. The molecule has 1 aromatic carbocycles. The van der Waals surface area contributed by atoms with Crippen LogP contribution >= 0.6 is 24.0 Å². The molecule has 1 amide bonds. The largest absolute Gasteiger partial charge is 0.489 e. The van der Waals surface area contributed by atoms with E-state index >= 15 is 0 Å². The topological polar surface area (TPSA) is 69.6 Å². The van der Waals surface area contributed by atoms with Gasteiger partial charge in [0, 0.05) is 46.3 Å². The van der Waals surface area contributed by atoms with Gasteiger partial charge in [-0.1, -0.05) is 0 Å². The summed E-state index contributed by atoms with van der Waals surface area (Å²) in [5, 5.41) is 3.35. The molecule has 10 heteroatoms. The Kier molecular flexibility index (Phi) is 10.7. The number of carbonyl (C=O) groups excluding carboxylic acids is 1. The summed E-state index contributed by atoms with van der Waals surface area (Å²) in [5.41, 5.74) is 0. The van der Waals surface area contributed by atoms with E-state index in [4.69, 9.17) is 9.47 Å². The minimum absolute atomic E-state index is 0. The summed E-state index contributed by atoms with van der Waals surface area (Å²) in [6, 6.07) is 6.02. The van der Waals surface area contributed by atoms with Crippen molar-refractivity contribution in [3.05, 3.63) is 30.1 Å². The number of hydrogen-bond donors (Lipinski definition) is 1. The van der Waals surface area contributed by atoms with Gasteiger partial charge in [-0.3, -0.25) is 14.7 Å². The van der Waals surface area contributed by atoms with Gasteiger partial charge in [-0.05, 0) is 31.2 Å². The first-order chi connectivity index (χ1) is 14.5. The fourth-order valence-electron chi connectivity index (χ4n) is 3.58. The van der Waals surface area contributed by atoms with Crippen molar-refractivity contribution in [2.75, 3.05) is 72.6 Å². The van der Waals surface area contributed by atoms with Gasteiger partial charge < -0.3 is 24.6 Å². The van der Waals surface area contributed by atoms with Crippen LogP contribution in [0.15, 0.2) is 29.3 Å². The lowest BCUT2D eigenvalue weighted by Crippen LogP contribution is -2.55. The van der Waals surface area contributed by atoms with Crippen LogP contribution in [-0.4, -0.2) is 105 Å². The van der Waals surface area contributed by atoms with Crippen LogP contribution in [0.2, 0.25) is 0 Å². The summed E-state index contributed by atoms with van der Waals surface area (Å²) in [7, 11) is 1.77. The molecule has 0 aliphatic carbocycles.